The number of hydrogen-bond donors (Lipinski definition) is 0. The van der Waals surface area contributed by atoms with Gasteiger partial charge >= 0.3 is 0 Å². The molecule has 0 aliphatic rings. The molecule has 0 spiro atoms. The topological polar surface area (TPSA) is 142 Å². The van der Waals surface area contributed by atoms with E-state index in [-0.39, 0.29) is 102 Å². The summed E-state index contributed by atoms with van der Waals surface area (Å²) in [5, 5.41) is 0. The molecule has 0 saturated carbocycles. The van der Waals surface area contributed by atoms with Gasteiger partial charge in [0.2, 0.25) is 0 Å². The van der Waals surface area contributed by atoms with Gasteiger partial charge in [0.1, 0.15) is 0 Å². The van der Waals surface area contributed by atoms with Crippen LogP contribution in [0.2, 0.25) is 0 Å². The fourth-order valence-corrected chi connectivity index (χ4v) is 0. The fourth-order valence-electron chi connectivity index (χ4n) is 0. The quantitative estimate of drug-likeness (QED) is 0.559. The first-order valence-electron chi connectivity index (χ1n) is 0. The molecule has 0 aliphatic carbocycles. The summed E-state index contributed by atoms with van der Waals surface area (Å²) in [7, 11) is 0. The van der Waals surface area contributed by atoms with Crippen molar-refractivity contribution in [1.82, 2.24) is 0 Å². The minimum Gasteiger partial charge on any atom is -2.00 e. The van der Waals surface area contributed by atoms with E-state index in [4.69, 9.17) is 0 Å². The Morgan fingerprint density at radius 1 is 0.222 bits per heavy atom. The summed E-state index contributed by atoms with van der Waals surface area (Å²) in [6.07, 6.45) is 0. The molecule has 0 unspecified atom stereocenters. The van der Waals surface area contributed by atoms with Crippen molar-refractivity contribution in [1.29, 1.82) is 0 Å². The van der Waals surface area contributed by atoms with Crippen LogP contribution in [0.15, 0.2) is 0 Å². The molecule has 0 aromatic carbocycles. The first-order valence-corrected chi connectivity index (χ1v) is 0. The van der Waals surface area contributed by atoms with Gasteiger partial charge in [-0.2, -0.15) is 0 Å². The standard InChI is InChI=1S/5O.4V/q5*-2;;;;. The molecule has 0 bridgehead atoms. The molecule has 5 nitrogen and oxygen atoms in total. The van der Waals surface area contributed by atoms with Crippen molar-refractivity contribution in [3.05, 3.63) is 0 Å². The molecule has 0 N–H and O–H groups in total. The van der Waals surface area contributed by atoms with Crippen LogP contribution >= 0.6 is 0 Å². The molecule has 9 heteroatoms. The molecule has 9 heavy (non-hydrogen) atoms. The molecule has 60 valence electrons. The Balaban J connectivity index is 0. The maximum atomic E-state index is 0. The molecule has 0 aromatic heterocycles. The predicted octanol–water partition coefficient (Wildman–Crippen LogP) is -0.604. The van der Waals surface area contributed by atoms with Crippen molar-refractivity contribution in [2.75, 3.05) is 0 Å². The van der Waals surface area contributed by atoms with Crippen LogP contribution in [0.25, 0.3) is 0 Å². The van der Waals surface area contributed by atoms with E-state index in [1.807, 2.05) is 0 Å². The minimum absolute atomic E-state index is 0. The average molecular weight is 284 g/mol. The van der Waals surface area contributed by atoms with E-state index in [9.17, 15) is 0 Å². The van der Waals surface area contributed by atoms with Crippen LogP contribution < -0.4 is 0 Å². The number of rotatable bonds is 0. The van der Waals surface area contributed by atoms with Crippen molar-refractivity contribution in [2.45, 2.75) is 0 Å². The average Bonchev–Trinajstić information content (AvgIpc) is 0. The van der Waals surface area contributed by atoms with Crippen LogP contribution in [-0.4, -0.2) is 0 Å². The van der Waals surface area contributed by atoms with Gasteiger partial charge in [-0.15, -0.1) is 0 Å². The summed E-state index contributed by atoms with van der Waals surface area (Å²) in [5.74, 6) is 0. The van der Waals surface area contributed by atoms with Crippen LogP contribution in [0.4, 0.5) is 0 Å². The zero-order chi connectivity index (χ0) is 0. The van der Waals surface area contributed by atoms with E-state index in [0.717, 1.165) is 0 Å². The molecule has 0 atom stereocenters. The van der Waals surface area contributed by atoms with Crippen molar-refractivity contribution >= 4 is 0 Å². The van der Waals surface area contributed by atoms with Crippen molar-refractivity contribution in [3.8, 4) is 0 Å². The van der Waals surface area contributed by atoms with Crippen molar-refractivity contribution in [2.24, 2.45) is 0 Å². The molecule has 0 amide bonds. The Kier molecular flexibility index (Phi) is 5160. The Labute approximate surface area is 101 Å². The van der Waals surface area contributed by atoms with Crippen LogP contribution in [0.5, 0.6) is 0 Å². The Hall–Kier alpha value is 2.14. The second kappa shape index (κ2) is 185. The van der Waals surface area contributed by atoms with Gasteiger partial charge in [0.05, 0.1) is 0 Å². The molecule has 0 rings (SSSR count). The second-order valence-corrected chi connectivity index (χ2v) is 0. The van der Waals surface area contributed by atoms with Crippen LogP contribution in [-0.2, 0) is 102 Å². The molecular weight excluding hydrogens is 284 g/mol. The summed E-state index contributed by atoms with van der Waals surface area (Å²) < 4.78 is 0. The van der Waals surface area contributed by atoms with Crippen molar-refractivity contribution < 1.29 is 102 Å². The van der Waals surface area contributed by atoms with E-state index in [1.54, 1.807) is 0 Å². The zero-order valence-electron chi connectivity index (χ0n) is 3.83. The van der Waals surface area contributed by atoms with Gasteiger partial charge in [-0.3, -0.25) is 0 Å². The third kappa shape index (κ3) is 147. The van der Waals surface area contributed by atoms with Crippen LogP contribution in [0.1, 0.15) is 0 Å². The van der Waals surface area contributed by atoms with Gasteiger partial charge in [-0.1, -0.05) is 0 Å². The number of hydrogen-bond acceptors (Lipinski definition) is 0. The van der Waals surface area contributed by atoms with E-state index in [2.05, 4.69) is 0 Å². The largest absolute Gasteiger partial charge is 2.00 e. The van der Waals surface area contributed by atoms with Gasteiger partial charge in [0.15, 0.2) is 0 Å². The summed E-state index contributed by atoms with van der Waals surface area (Å²) in [4.78, 5) is 0. The fraction of sp³-hybridized carbons (Fsp3) is 0. The molecular formula is O5V4-10. The van der Waals surface area contributed by atoms with Crippen molar-refractivity contribution in [3.63, 3.8) is 0 Å². The maximum Gasteiger partial charge on any atom is 0 e. The third-order valence-electron chi connectivity index (χ3n) is 0. The summed E-state index contributed by atoms with van der Waals surface area (Å²) in [6, 6.07) is 0. The SMILES string of the molecule is [O-2].[O-2].[O-2].[O-2].[O-2].[V].[V].[V].[V]. The molecule has 0 fully saturated rings. The van der Waals surface area contributed by atoms with Gasteiger partial charge in [0, 0.05) is 74.2 Å². The van der Waals surface area contributed by atoms with Crippen LogP contribution in [0, 0.1) is 0 Å². The molecule has 0 saturated heterocycles. The monoisotopic (exact) mass is 284 g/mol. The van der Waals surface area contributed by atoms with E-state index in [0.29, 0.717) is 0 Å². The zero-order valence-corrected chi connectivity index (χ0v) is 9.42. The van der Waals surface area contributed by atoms with E-state index >= 15 is 0 Å². The van der Waals surface area contributed by atoms with Gasteiger partial charge in [-0.05, 0) is 0 Å². The summed E-state index contributed by atoms with van der Waals surface area (Å²) in [5.41, 5.74) is 0. The Bertz CT molecular complexity index is 8.92. The summed E-state index contributed by atoms with van der Waals surface area (Å²) in [6.45, 7) is 0. The van der Waals surface area contributed by atoms with Gasteiger partial charge in [0.25, 0.3) is 0 Å². The Morgan fingerprint density at radius 3 is 0.222 bits per heavy atom. The molecule has 0 aliphatic heterocycles. The summed E-state index contributed by atoms with van der Waals surface area (Å²) >= 11 is 0. The molecule has 4 radical (unpaired) electrons. The van der Waals surface area contributed by atoms with Gasteiger partial charge in [-0.25, -0.2) is 0 Å². The Morgan fingerprint density at radius 2 is 0.222 bits per heavy atom. The van der Waals surface area contributed by atoms with E-state index < -0.39 is 0 Å². The predicted molar refractivity (Wildman–Crippen MR) is 3.43 cm³/mol. The minimum atomic E-state index is 0. The smallest absolute Gasteiger partial charge is 0 e. The van der Waals surface area contributed by atoms with E-state index in [1.165, 1.54) is 0 Å². The van der Waals surface area contributed by atoms with Gasteiger partial charge < -0.3 is 27.4 Å². The first-order chi connectivity index (χ1) is 0. The second-order valence-electron chi connectivity index (χ2n) is 0. The third-order valence-corrected chi connectivity index (χ3v) is 0. The molecule has 0 aromatic rings. The van der Waals surface area contributed by atoms with Crippen LogP contribution in [0.3, 0.4) is 0 Å². The maximum absolute atomic E-state index is 0. The normalized spacial score (nSPS) is 0. The molecule has 0 heterocycles. The first kappa shape index (κ1) is 250.